The summed E-state index contributed by atoms with van der Waals surface area (Å²) in [6, 6.07) is 14.6. The minimum atomic E-state index is 0.797. The molecule has 2 aromatic rings. The van der Waals surface area contributed by atoms with Crippen molar-refractivity contribution in [3.63, 3.8) is 0 Å². The molecule has 1 N–H and O–H groups in total. The summed E-state index contributed by atoms with van der Waals surface area (Å²) in [4.78, 5) is 3.37. The van der Waals surface area contributed by atoms with E-state index < -0.39 is 0 Å². The molecule has 0 radical (unpaired) electrons. The average molecular weight is 369 g/mol. The van der Waals surface area contributed by atoms with Crippen LogP contribution in [0.4, 0.5) is 0 Å². The molecule has 0 aliphatic rings. The first-order chi connectivity index (χ1) is 9.65. The quantitative estimate of drug-likeness (QED) is 0.801. The second-order valence-corrected chi connectivity index (χ2v) is 7.46. The van der Waals surface area contributed by atoms with Crippen LogP contribution in [0, 0.1) is 0 Å². The number of benzene rings is 1. The molecule has 0 spiro atoms. The van der Waals surface area contributed by atoms with Crippen molar-refractivity contribution < 1.29 is 0 Å². The zero-order valence-corrected chi connectivity index (χ0v) is 14.5. The molecule has 0 amide bonds. The van der Waals surface area contributed by atoms with Crippen molar-refractivity contribution in [2.75, 3.05) is 13.6 Å². The predicted octanol–water partition coefficient (Wildman–Crippen LogP) is 4.06. The molecule has 0 unspecified atom stereocenters. The molecule has 0 fully saturated rings. The Kier molecular flexibility index (Phi) is 6.01. The highest BCUT2D eigenvalue weighted by atomic mass is 79.9. The van der Waals surface area contributed by atoms with Gasteiger partial charge in [-0.2, -0.15) is 0 Å². The zero-order chi connectivity index (χ0) is 14.4. The normalized spacial score (nSPS) is 10.3. The molecule has 0 aliphatic heterocycles. The summed E-state index contributed by atoms with van der Waals surface area (Å²) in [7, 11) is 2.02. The summed E-state index contributed by atoms with van der Waals surface area (Å²) in [6.45, 7) is 1.70. The van der Waals surface area contributed by atoms with Gasteiger partial charge in [-0.05, 0) is 52.3 Å². The van der Waals surface area contributed by atoms with Crippen molar-refractivity contribution in [2.24, 2.45) is 0 Å². The summed E-state index contributed by atoms with van der Waals surface area (Å²) in [5.41, 5.74) is 1.33. The maximum atomic E-state index is 5.41. The highest BCUT2D eigenvalue weighted by Gasteiger charge is 2.06. The molecule has 0 bridgehead atoms. The van der Waals surface area contributed by atoms with Gasteiger partial charge < -0.3 is 10.2 Å². The minimum Gasteiger partial charge on any atom is -0.362 e. The Morgan fingerprint density at radius 1 is 1.25 bits per heavy atom. The van der Waals surface area contributed by atoms with Gasteiger partial charge in [-0.15, -0.1) is 11.3 Å². The average Bonchev–Trinajstić information content (AvgIpc) is 2.85. The van der Waals surface area contributed by atoms with Crippen LogP contribution in [0.5, 0.6) is 0 Å². The van der Waals surface area contributed by atoms with Gasteiger partial charge in [0.05, 0.1) is 10.3 Å². The standard InChI is InChI=1S/C15H17BrN2S2/c1-18(11-13-7-8-14(16)20-13)15(19)17-10-9-12-5-3-2-4-6-12/h2-8H,9-11H2,1H3,(H,17,19). The summed E-state index contributed by atoms with van der Waals surface area (Å²) in [5, 5.41) is 4.10. The first kappa shape index (κ1) is 15.5. The number of hydrogen-bond acceptors (Lipinski definition) is 2. The van der Waals surface area contributed by atoms with Gasteiger partial charge in [-0.3, -0.25) is 0 Å². The van der Waals surface area contributed by atoms with Gasteiger partial charge in [0, 0.05) is 18.5 Å². The molecule has 0 saturated carbocycles. The monoisotopic (exact) mass is 368 g/mol. The van der Waals surface area contributed by atoms with E-state index in [1.807, 2.05) is 13.1 Å². The number of nitrogens with one attached hydrogen (secondary N) is 1. The fourth-order valence-corrected chi connectivity index (χ4v) is 3.54. The minimum absolute atomic E-state index is 0.797. The van der Waals surface area contributed by atoms with Crippen molar-refractivity contribution in [2.45, 2.75) is 13.0 Å². The lowest BCUT2D eigenvalue weighted by Gasteiger charge is -2.20. The number of thiocarbonyl (C=S) groups is 1. The first-order valence-corrected chi connectivity index (χ1v) is 8.44. The summed E-state index contributed by atoms with van der Waals surface area (Å²) in [5.74, 6) is 0. The smallest absolute Gasteiger partial charge is 0.169 e. The van der Waals surface area contributed by atoms with Gasteiger partial charge in [-0.1, -0.05) is 30.3 Å². The Hall–Kier alpha value is -0.910. The lowest BCUT2D eigenvalue weighted by atomic mass is 10.1. The van der Waals surface area contributed by atoms with Crippen molar-refractivity contribution in [1.29, 1.82) is 0 Å². The molecule has 1 heterocycles. The van der Waals surface area contributed by atoms with Crippen LogP contribution in [-0.4, -0.2) is 23.6 Å². The van der Waals surface area contributed by atoms with Crippen LogP contribution in [0.2, 0.25) is 0 Å². The van der Waals surface area contributed by atoms with Crippen LogP contribution in [-0.2, 0) is 13.0 Å². The molecule has 0 aliphatic carbocycles. The van der Waals surface area contributed by atoms with Gasteiger partial charge in [0.1, 0.15) is 0 Å². The number of hydrogen-bond donors (Lipinski definition) is 1. The fraction of sp³-hybridized carbons (Fsp3) is 0.267. The van der Waals surface area contributed by atoms with Crippen LogP contribution in [0.25, 0.3) is 0 Å². The van der Waals surface area contributed by atoms with Crippen LogP contribution in [0.1, 0.15) is 10.4 Å². The Labute approximate surface area is 137 Å². The number of halogens is 1. The lowest BCUT2D eigenvalue weighted by molar-refractivity contribution is 0.494. The number of thiophene rings is 1. The van der Waals surface area contributed by atoms with Gasteiger partial charge in [-0.25, -0.2) is 0 Å². The van der Waals surface area contributed by atoms with Crippen molar-refractivity contribution in [3.05, 3.63) is 56.7 Å². The molecule has 0 atom stereocenters. The van der Waals surface area contributed by atoms with E-state index in [4.69, 9.17) is 12.2 Å². The lowest BCUT2D eigenvalue weighted by Crippen LogP contribution is -2.37. The summed E-state index contributed by atoms with van der Waals surface area (Å²) >= 11 is 10.6. The third-order valence-corrected chi connectivity index (χ3v) is 4.97. The molecule has 20 heavy (non-hydrogen) atoms. The zero-order valence-electron chi connectivity index (χ0n) is 11.3. The van der Waals surface area contributed by atoms with E-state index in [2.05, 4.69) is 62.5 Å². The number of nitrogens with zero attached hydrogens (tertiary/aromatic N) is 1. The molecule has 5 heteroatoms. The van der Waals surface area contributed by atoms with Gasteiger partial charge in [0.25, 0.3) is 0 Å². The molecule has 0 saturated heterocycles. The Balaban J connectivity index is 1.74. The van der Waals surface area contributed by atoms with Crippen molar-refractivity contribution in [3.8, 4) is 0 Å². The van der Waals surface area contributed by atoms with Crippen LogP contribution in [0.15, 0.2) is 46.3 Å². The summed E-state index contributed by atoms with van der Waals surface area (Å²) in [6.07, 6.45) is 0.985. The van der Waals surface area contributed by atoms with E-state index in [9.17, 15) is 0 Å². The van der Waals surface area contributed by atoms with E-state index in [1.165, 1.54) is 10.4 Å². The third-order valence-electron chi connectivity index (χ3n) is 2.90. The largest absolute Gasteiger partial charge is 0.362 e. The molecule has 106 valence electrons. The van der Waals surface area contributed by atoms with E-state index in [0.29, 0.717) is 0 Å². The van der Waals surface area contributed by atoms with Gasteiger partial charge in [0.15, 0.2) is 5.11 Å². The molecule has 2 rings (SSSR count). The van der Waals surface area contributed by atoms with Crippen LogP contribution < -0.4 is 5.32 Å². The maximum Gasteiger partial charge on any atom is 0.169 e. The van der Waals surface area contributed by atoms with Crippen molar-refractivity contribution >= 4 is 44.6 Å². The summed E-state index contributed by atoms with van der Waals surface area (Å²) < 4.78 is 1.16. The highest BCUT2D eigenvalue weighted by molar-refractivity contribution is 9.11. The first-order valence-electron chi connectivity index (χ1n) is 6.42. The Morgan fingerprint density at radius 2 is 2.00 bits per heavy atom. The van der Waals surface area contributed by atoms with E-state index in [-0.39, 0.29) is 0 Å². The van der Waals surface area contributed by atoms with Gasteiger partial charge in [0.2, 0.25) is 0 Å². The molecule has 1 aromatic carbocycles. The Bertz CT molecular complexity index is 554. The van der Waals surface area contributed by atoms with E-state index in [1.54, 1.807) is 11.3 Å². The van der Waals surface area contributed by atoms with E-state index >= 15 is 0 Å². The molecule has 1 aromatic heterocycles. The van der Waals surface area contributed by atoms with Crippen molar-refractivity contribution in [1.82, 2.24) is 10.2 Å². The predicted molar refractivity (Wildman–Crippen MR) is 94.2 cm³/mol. The Morgan fingerprint density at radius 3 is 2.65 bits per heavy atom. The van der Waals surface area contributed by atoms with E-state index in [0.717, 1.165) is 28.4 Å². The fourth-order valence-electron chi connectivity index (χ4n) is 1.84. The second-order valence-electron chi connectivity index (χ2n) is 4.53. The highest BCUT2D eigenvalue weighted by Crippen LogP contribution is 2.22. The van der Waals surface area contributed by atoms with Crippen LogP contribution >= 0.6 is 39.5 Å². The van der Waals surface area contributed by atoms with Gasteiger partial charge >= 0.3 is 0 Å². The maximum absolute atomic E-state index is 5.41. The topological polar surface area (TPSA) is 15.3 Å². The van der Waals surface area contributed by atoms with Crippen LogP contribution in [0.3, 0.4) is 0 Å². The molecular weight excluding hydrogens is 352 g/mol. The third kappa shape index (κ3) is 4.89. The molecular formula is C15H17BrN2S2. The SMILES string of the molecule is CN(Cc1ccc(Br)s1)C(=S)NCCc1ccccc1. The number of rotatable bonds is 5. The molecule has 2 nitrogen and oxygen atoms in total. The second kappa shape index (κ2) is 7.76.